The summed E-state index contributed by atoms with van der Waals surface area (Å²) in [5.74, 6) is 0.396. The van der Waals surface area contributed by atoms with Crippen LogP contribution in [0.2, 0.25) is 0 Å². The Kier molecular flexibility index (Phi) is 16.7. The van der Waals surface area contributed by atoms with E-state index in [2.05, 4.69) is 20.6 Å². The topological polar surface area (TPSA) is 141 Å². The zero-order valence-corrected chi connectivity index (χ0v) is 21.8. The fourth-order valence-electron chi connectivity index (χ4n) is 3.91. The number of amides is 1. The number of aliphatic imine (C=N–C) groups is 1. The Hall–Kier alpha value is -2.78. The summed E-state index contributed by atoms with van der Waals surface area (Å²) in [5.41, 5.74) is 0.801. The number of unbranched alkanes of at least 4 members (excludes halogenated alkanes) is 3. The second-order valence-corrected chi connectivity index (χ2v) is 8.80. The highest BCUT2D eigenvalue weighted by Gasteiger charge is 2.21. The molecule has 11 nitrogen and oxygen atoms in total. The molecule has 0 radical (unpaired) electrons. The van der Waals surface area contributed by atoms with Crippen molar-refractivity contribution in [2.75, 3.05) is 51.4 Å². The van der Waals surface area contributed by atoms with E-state index in [-0.39, 0.29) is 18.6 Å². The molecule has 1 heterocycles. The van der Waals surface area contributed by atoms with E-state index < -0.39 is 0 Å². The van der Waals surface area contributed by atoms with Crippen molar-refractivity contribution in [1.29, 1.82) is 5.26 Å². The van der Waals surface area contributed by atoms with E-state index in [9.17, 15) is 4.79 Å². The number of hydroxylamine groups is 2. The molecule has 11 heteroatoms. The summed E-state index contributed by atoms with van der Waals surface area (Å²) in [7, 11) is 0. The number of hydrogen-bond donors (Lipinski definition) is 3. The van der Waals surface area contributed by atoms with Gasteiger partial charge in [0.05, 0.1) is 45.7 Å². The fraction of sp³-hybridized carbons (Fsp3) is 0.692. The summed E-state index contributed by atoms with van der Waals surface area (Å²) >= 11 is 0. The number of aliphatic hydroxyl groups excluding tert-OH is 1. The zero-order chi connectivity index (χ0) is 26.4. The first-order valence-electron chi connectivity index (χ1n) is 13.3. The van der Waals surface area contributed by atoms with Crippen molar-refractivity contribution in [2.24, 2.45) is 4.99 Å². The van der Waals surface area contributed by atoms with Gasteiger partial charge in [-0.1, -0.05) is 32.1 Å². The quantitative estimate of drug-likeness (QED) is 0.0668. The van der Waals surface area contributed by atoms with Crippen LogP contribution in [-0.2, 0) is 19.1 Å². The molecule has 2 rings (SSSR count). The number of ether oxygens (including phenoxy) is 2. The van der Waals surface area contributed by atoms with Gasteiger partial charge in [0.15, 0.2) is 6.19 Å². The predicted molar refractivity (Wildman–Crippen MR) is 140 cm³/mol. The van der Waals surface area contributed by atoms with Crippen LogP contribution >= 0.6 is 0 Å². The number of carbonyl (C=O) groups excluding carboxylic acids is 1. The lowest BCUT2D eigenvalue weighted by Crippen LogP contribution is -2.38. The second kappa shape index (κ2) is 20.3. The number of anilines is 1. The number of nitrogens with zero attached hydrogens (tertiary/aromatic N) is 4. The zero-order valence-electron chi connectivity index (χ0n) is 21.8. The van der Waals surface area contributed by atoms with Gasteiger partial charge in [-0.05, 0) is 37.8 Å². The standard InChI is InChI=1S/C26H42N6O5/c27-22-30-26(31-23-11-14-28-15-12-23)29-13-7-2-1-6-10-25(34)32(37-24-8-4-3-5-9-24)16-18-35-20-21-36-19-17-33/h11-12,14-15,24,33H,1-10,13,16-21H2,(H2,28,29,30,31). The molecule has 1 fully saturated rings. The summed E-state index contributed by atoms with van der Waals surface area (Å²) in [6, 6.07) is 3.60. The van der Waals surface area contributed by atoms with Gasteiger partial charge >= 0.3 is 0 Å². The number of carbonyl (C=O) groups is 1. The maximum atomic E-state index is 12.9. The minimum Gasteiger partial charge on any atom is -0.394 e. The van der Waals surface area contributed by atoms with E-state index in [1.54, 1.807) is 24.5 Å². The van der Waals surface area contributed by atoms with Crippen molar-refractivity contribution in [2.45, 2.75) is 70.3 Å². The first-order chi connectivity index (χ1) is 18.2. The van der Waals surface area contributed by atoms with Gasteiger partial charge in [-0.2, -0.15) is 5.26 Å². The SMILES string of the molecule is N#CNC(=NCCCCCCC(=O)N(CCOCCOCCO)OC1CCCCC1)Nc1ccncc1. The van der Waals surface area contributed by atoms with Crippen LogP contribution in [0.1, 0.15) is 64.2 Å². The maximum absolute atomic E-state index is 12.9. The molecule has 37 heavy (non-hydrogen) atoms. The number of pyridine rings is 1. The summed E-state index contributed by atoms with van der Waals surface area (Å²) in [4.78, 5) is 27.3. The van der Waals surface area contributed by atoms with Crippen LogP contribution in [0.4, 0.5) is 5.69 Å². The summed E-state index contributed by atoms with van der Waals surface area (Å²) in [5, 5.41) is 24.8. The Morgan fingerprint density at radius 1 is 1.08 bits per heavy atom. The van der Waals surface area contributed by atoms with Crippen LogP contribution < -0.4 is 10.6 Å². The highest BCUT2D eigenvalue weighted by atomic mass is 16.7. The number of guanidine groups is 1. The van der Waals surface area contributed by atoms with Gasteiger partial charge in [0, 0.05) is 31.0 Å². The van der Waals surface area contributed by atoms with Crippen LogP contribution in [0.15, 0.2) is 29.5 Å². The number of nitriles is 1. The van der Waals surface area contributed by atoms with Gasteiger partial charge in [0.1, 0.15) is 0 Å². The molecule has 1 aromatic heterocycles. The summed E-state index contributed by atoms with van der Waals surface area (Å²) in [6.07, 6.45) is 14.7. The van der Waals surface area contributed by atoms with Gasteiger partial charge in [-0.3, -0.25) is 24.9 Å². The van der Waals surface area contributed by atoms with Crippen molar-refractivity contribution in [1.82, 2.24) is 15.4 Å². The molecule has 1 aliphatic rings. The molecule has 206 valence electrons. The molecule has 3 N–H and O–H groups in total. The third-order valence-electron chi connectivity index (χ3n) is 5.84. The molecule has 1 aliphatic carbocycles. The number of nitrogens with one attached hydrogen (secondary N) is 2. The van der Waals surface area contributed by atoms with E-state index in [4.69, 9.17) is 24.7 Å². The maximum Gasteiger partial charge on any atom is 0.246 e. The Labute approximate surface area is 220 Å². The normalized spacial score (nSPS) is 14.2. The molecule has 1 aromatic rings. The number of rotatable bonds is 18. The van der Waals surface area contributed by atoms with Crippen molar-refractivity contribution in [3.63, 3.8) is 0 Å². The smallest absolute Gasteiger partial charge is 0.246 e. The molecule has 0 unspecified atom stereocenters. The van der Waals surface area contributed by atoms with Crippen molar-refractivity contribution in [3.8, 4) is 6.19 Å². The lowest BCUT2D eigenvalue weighted by atomic mass is 9.98. The minimum absolute atomic E-state index is 0.00623. The van der Waals surface area contributed by atoms with Gasteiger partial charge in [0.25, 0.3) is 0 Å². The minimum atomic E-state index is -0.00854. The summed E-state index contributed by atoms with van der Waals surface area (Å²) < 4.78 is 10.8. The van der Waals surface area contributed by atoms with E-state index >= 15 is 0 Å². The van der Waals surface area contributed by atoms with E-state index in [0.29, 0.717) is 51.9 Å². The summed E-state index contributed by atoms with van der Waals surface area (Å²) in [6.45, 7) is 2.47. The van der Waals surface area contributed by atoms with Crippen LogP contribution in [0.25, 0.3) is 0 Å². The first kappa shape index (κ1) is 30.4. The fourth-order valence-corrected chi connectivity index (χ4v) is 3.91. The Bertz CT molecular complexity index is 798. The van der Waals surface area contributed by atoms with Crippen molar-refractivity contribution < 1.29 is 24.2 Å². The van der Waals surface area contributed by atoms with Crippen LogP contribution in [0.5, 0.6) is 0 Å². The van der Waals surface area contributed by atoms with Crippen LogP contribution in [0.3, 0.4) is 0 Å². The average molecular weight is 519 g/mol. The molecular weight excluding hydrogens is 476 g/mol. The van der Waals surface area contributed by atoms with E-state index in [0.717, 1.165) is 57.1 Å². The predicted octanol–water partition coefficient (Wildman–Crippen LogP) is 2.99. The molecule has 0 spiro atoms. The lowest BCUT2D eigenvalue weighted by Gasteiger charge is -2.29. The Morgan fingerprint density at radius 2 is 1.81 bits per heavy atom. The molecule has 1 saturated carbocycles. The molecular formula is C26H42N6O5. The lowest BCUT2D eigenvalue weighted by molar-refractivity contribution is -0.214. The number of aromatic nitrogens is 1. The van der Waals surface area contributed by atoms with Crippen LogP contribution in [-0.4, -0.2) is 79.2 Å². The third-order valence-corrected chi connectivity index (χ3v) is 5.84. The van der Waals surface area contributed by atoms with Crippen molar-refractivity contribution in [3.05, 3.63) is 24.5 Å². The van der Waals surface area contributed by atoms with Gasteiger partial charge in [-0.25, -0.2) is 5.06 Å². The van der Waals surface area contributed by atoms with Crippen molar-refractivity contribution >= 4 is 17.6 Å². The second-order valence-electron chi connectivity index (χ2n) is 8.80. The van der Waals surface area contributed by atoms with Gasteiger partial charge < -0.3 is 19.9 Å². The Balaban J connectivity index is 1.66. The highest BCUT2D eigenvalue weighted by Crippen LogP contribution is 2.21. The molecule has 0 atom stereocenters. The average Bonchev–Trinajstić information content (AvgIpc) is 2.92. The van der Waals surface area contributed by atoms with E-state index in [1.807, 2.05) is 6.19 Å². The molecule has 1 amide bonds. The molecule has 0 bridgehead atoms. The Morgan fingerprint density at radius 3 is 2.54 bits per heavy atom. The monoisotopic (exact) mass is 518 g/mol. The number of aliphatic hydroxyl groups is 1. The highest BCUT2D eigenvalue weighted by molar-refractivity contribution is 5.94. The molecule has 0 saturated heterocycles. The molecule has 0 aliphatic heterocycles. The molecule has 0 aromatic carbocycles. The van der Waals surface area contributed by atoms with E-state index in [1.165, 1.54) is 11.5 Å². The van der Waals surface area contributed by atoms with Crippen LogP contribution in [0, 0.1) is 11.5 Å². The van der Waals surface area contributed by atoms with Gasteiger partial charge in [0.2, 0.25) is 11.9 Å². The first-order valence-corrected chi connectivity index (χ1v) is 13.3. The van der Waals surface area contributed by atoms with Gasteiger partial charge in [-0.15, -0.1) is 0 Å². The third kappa shape index (κ3) is 14.5. The largest absolute Gasteiger partial charge is 0.394 e. The number of hydrogen-bond acceptors (Lipinski definition) is 8.